The summed E-state index contributed by atoms with van der Waals surface area (Å²) in [4.78, 5) is 25.4. The highest BCUT2D eigenvalue weighted by molar-refractivity contribution is 7.92. The lowest BCUT2D eigenvalue weighted by molar-refractivity contribution is -0.117. The summed E-state index contributed by atoms with van der Waals surface area (Å²) in [7, 11) is -4.27. The third-order valence-electron chi connectivity index (χ3n) is 5.88. The molecule has 9 nitrogen and oxygen atoms in total. The molecule has 11 heteroatoms. The van der Waals surface area contributed by atoms with Gasteiger partial charge in [-0.1, -0.05) is 6.92 Å². The second-order valence-corrected chi connectivity index (χ2v) is 9.79. The maximum Gasteiger partial charge on any atom is 0.326 e. The van der Waals surface area contributed by atoms with Crippen LogP contribution >= 0.6 is 0 Å². The van der Waals surface area contributed by atoms with E-state index in [0.717, 1.165) is 19.3 Å². The van der Waals surface area contributed by atoms with Crippen LogP contribution in [0.15, 0.2) is 6.07 Å². The molecule has 1 saturated heterocycles. The number of urea groups is 1. The molecule has 0 unspecified atom stereocenters. The highest BCUT2D eigenvalue weighted by Gasteiger charge is 2.39. The summed E-state index contributed by atoms with van der Waals surface area (Å²) in [5.41, 5.74) is 0.385. The number of fused-ring (bicyclic) bond motifs is 1. The molecule has 0 aromatic heterocycles. The summed E-state index contributed by atoms with van der Waals surface area (Å²) in [5.74, 6) is -2.31. The van der Waals surface area contributed by atoms with E-state index in [1.54, 1.807) is 4.72 Å². The molecule has 2 heterocycles. The van der Waals surface area contributed by atoms with Gasteiger partial charge < -0.3 is 15.3 Å². The van der Waals surface area contributed by atoms with Crippen LogP contribution in [-0.2, 0) is 28.0 Å². The van der Waals surface area contributed by atoms with E-state index in [-0.39, 0.29) is 18.1 Å². The molecule has 1 aromatic rings. The van der Waals surface area contributed by atoms with Crippen molar-refractivity contribution in [1.82, 2.24) is 14.9 Å². The molecular formula is C18H23FN4O5S. The van der Waals surface area contributed by atoms with Gasteiger partial charge in [0.25, 0.3) is 5.91 Å². The lowest BCUT2D eigenvalue weighted by Crippen LogP contribution is -2.43. The van der Waals surface area contributed by atoms with Gasteiger partial charge in [0.1, 0.15) is 18.0 Å². The van der Waals surface area contributed by atoms with E-state index in [0.29, 0.717) is 34.8 Å². The van der Waals surface area contributed by atoms with Crippen LogP contribution in [0.4, 0.5) is 14.9 Å². The molecular weight excluding hydrogens is 403 g/mol. The minimum atomic E-state index is -4.27. The van der Waals surface area contributed by atoms with Crippen molar-refractivity contribution in [3.63, 3.8) is 0 Å². The summed E-state index contributed by atoms with van der Waals surface area (Å²) in [6.07, 6.45) is 3.54. The van der Waals surface area contributed by atoms with Crippen molar-refractivity contribution in [2.75, 3.05) is 23.9 Å². The molecule has 29 heavy (non-hydrogen) atoms. The van der Waals surface area contributed by atoms with Crippen LogP contribution in [0.5, 0.6) is 5.75 Å². The largest absolute Gasteiger partial charge is 0.506 e. The molecule has 1 aliphatic carbocycles. The number of anilines is 1. The first-order valence-electron chi connectivity index (χ1n) is 9.49. The van der Waals surface area contributed by atoms with E-state index in [2.05, 4.69) is 12.2 Å². The fourth-order valence-corrected chi connectivity index (χ4v) is 4.90. The van der Waals surface area contributed by atoms with E-state index in [1.807, 2.05) is 0 Å². The SMILES string of the molecule is CC1(CCNC(=O)N2CCc3cc(O)c(N4CC(=O)NS4(=O)=O)c(F)c3C2)CC1. The van der Waals surface area contributed by atoms with Gasteiger partial charge in [-0.15, -0.1) is 0 Å². The number of hydrogen-bond acceptors (Lipinski definition) is 5. The maximum absolute atomic E-state index is 15.2. The van der Waals surface area contributed by atoms with Gasteiger partial charge in [0.05, 0.1) is 6.54 Å². The highest BCUT2D eigenvalue weighted by Crippen LogP contribution is 2.47. The number of halogens is 1. The quantitative estimate of drug-likeness (QED) is 0.663. The standard InChI is InChI=1S/C18H23FN4O5S/c1-18(3-4-18)5-6-20-17(26)22-7-2-11-8-13(24)16(15(19)12(11)9-22)23-10-14(25)21-29(23,27)28/h8,24H,2-7,9-10H2,1H3,(H,20,26)(H,21,25). The normalized spacial score (nSPS) is 21.5. The predicted molar refractivity (Wildman–Crippen MR) is 102 cm³/mol. The summed E-state index contributed by atoms with van der Waals surface area (Å²) in [6, 6.07) is 0.995. The number of benzene rings is 1. The minimum Gasteiger partial charge on any atom is -0.506 e. The van der Waals surface area contributed by atoms with Crippen LogP contribution in [0.1, 0.15) is 37.3 Å². The van der Waals surface area contributed by atoms with Gasteiger partial charge in [0.2, 0.25) is 0 Å². The first-order chi connectivity index (χ1) is 13.6. The molecule has 4 rings (SSSR count). The molecule has 0 radical (unpaired) electrons. The Morgan fingerprint density at radius 1 is 1.38 bits per heavy atom. The lowest BCUT2D eigenvalue weighted by Gasteiger charge is -2.31. The monoisotopic (exact) mass is 426 g/mol. The van der Waals surface area contributed by atoms with Crippen molar-refractivity contribution in [2.45, 2.75) is 39.2 Å². The number of nitrogens with zero attached hydrogens (tertiary/aromatic N) is 2. The van der Waals surface area contributed by atoms with E-state index in [1.165, 1.54) is 11.0 Å². The molecule has 3 aliphatic rings. The highest BCUT2D eigenvalue weighted by atomic mass is 32.2. The van der Waals surface area contributed by atoms with Crippen LogP contribution in [0.3, 0.4) is 0 Å². The Hall–Kier alpha value is -2.56. The van der Waals surface area contributed by atoms with Crippen molar-refractivity contribution in [2.24, 2.45) is 5.41 Å². The van der Waals surface area contributed by atoms with E-state index >= 15 is 4.39 Å². The number of phenolic OH excluding ortho intramolecular Hbond substituents is 1. The van der Waals surface area contributed by atoms with Crippen LogP contribution in [0.2, 0.25) is 0 Å². The number of hydrogen-bond donors (Lipinski definition) is 3. The Bertz CT molecular complexity index is 992. The summed E-state index contributed by atoms with van der Waals surface area (Å²) < 4.78 is 41.6. The van der Waals surface area contributed by atoms with E-state index < -0.39 is 39.9 Å². The Morgan fingerprint density at radius 2 is 2.10 bits per heavy atom. The van der Waals surface area contributed by atoms with E-state index in [9.17, 15) is 23.1 Å². The summed E-state index contributed by atoms with van der Waals surface area (Å²) >= 11 is 0. The molecule has 0 atom stereocenters. The number of carbonyl (C=O) groups is 2. The van der Waals surface area contributed by atoms with Gasteiger partial charge in [-0.2, -0.15) is 8.42 Å². The average Bonchev–Trinajstić information content (AvgIpc) is 3.30. The number of aromatic hydroxyl groups is 1. The Morgan fingerprint density at radius 3 is 2.72 bits per heavy atom. The fraction of sp³-hybridized carbons (Fsp3) is 0.556. The summed E-state index contributed by atoms with van der Waals surface area (Å²) in [5, 5.41) is 13.1. The Kier molecular flexibility index (Phi) is 4.60. The zero-order valence-electron chi connectivity index (χ0n) is 16.0. The smallest absolute Gasteiger partial charge is 0.326 e. The van der Waals surface area contributed by atoms with Crippen molar-refractivity contribution in [3.8, 4) is 5.75 Å². The number of nitrogens with one attached hydrogen (secondary N) is 2. The van der Waals surface area contributed by atoms with Gasteiger partial charge >= 0.3 is 16.2 Å². The fourth-order valence-electron chi connectivity index (χ4n) is 3.74. The topological polar surface area (TPSA) is 119 Å². The van der Waals surface area contributed by atoms with Crippen LogP contribution < -0.4 is 14.3 Å². The van der Waals surface area contributed by atoms with Crippen LogP contribution in [-0.4, -0.2) is 50.0 Å². The molecule has 3 N–H and O–H groups in total. The van der Waals surface area contributed by atoms with Crippen molar-refractivity contribution >= 4 is 27.8 Å². The Labute approximate surface area is 168 Å². The number of carbonyl (C=O) groups excluding carboxylic acids is 2. The van der Waals surface area contributed by atoms with Gasteiger partial charge in [0.15, 0.2) is 5.82 Å². The molecule has 0 spiro atoms. The third-order valence-corrected chi connectivity index (χ3v) is 7.26. The molecule has 1 saturated carbocycles. The maximum atomic E-state index is 15.2. The minimum absolute atomic E-state index is 0.0488. The van der Waals surface area contributed by atoms with Gasteiger partial charge in [-0.25, -0.2) is 18.2 Å². The lowest BCUT2D eigenvalue weighted by atomic mass is 9.97. The van der Waals surface area contributed by atoms with Crippen LogP contribution in [0, 0.1) is 11.2 Å². The first kappa shape index (κ1) is 19.7. The molecule has 1 aromatic carbocycles. The van der Waals surface area contributed by atoms with Gasteiger partial charge in [-0.3, -0.25) is 4.79 Å². The predicted octanol–water partition coefficient (Wildman–Crippen LogP) is 0.970. The van der Waals surface area contributed by atoms with Crippen molar-refractivity contribution in [3.05, 3.63) is 23.0 Å². The zero-order valence-corrected chi connectivity index (χ0v) is 16.8. The number of amides is 3. The number of rotatable bonds is 4. The van der Waals surface area contributed by atoms with Crippen LogP contribution in [0.25, 0.3) is 0 Å². The average molecular weight is 426 g/mol. The third kappa shape index (κ3) is 3.70. The summed E-state index contributed by atoms with van der Waals surface area (Å²) in [6.45, 7) is 2.41. The molecule has 2 fully saturated rings. The number of phenols is 1. The second kappa shape index (κ2) is 6.75. The molecule has 0 bridgehead atoms. The van der Waals surface area contributed by atoms with Crippen molar-refractivity contribution in [1.29, 1.82) is 0 Å². The molecule has 158 valence electrons. The molecule has 3 amide bonds. The van der Waals surface area contributed by atoms with Crippen molar-refractivity contribution < 1.29 is 27.5 Å². The van der Waals surface area contributed by atoms with Gasteiger partial charge in [0, 0.05) is 18.7 Å². The Balaban J connectivity index is 1.54. The van der Waals surface area contributed by atoms with Gasteiger partial charge in [-0.05, 0) is 42.7 Å². The zero-order chi connectivity index (χ0) is 21.0. The molecule has 2 aliphatic heterocycles. The van der Waals surface area contributed by atoms with E-state index in [4.69, 9.17) is 0 Å². The second-order valence-electron chi connectivity index (χ2n) is 8.20. The first-order valence-corrected chi connectivity index (χ1v) is 10.9.